The zero-order chi connectivity index (χ0) is 21.7. The van der Waals surface area contributed by atoms with Crippen molar-refractivity contribution in [3.63, 3.8) is 0 Å². The molecule has 2 aromatic rings. The molecule has 0 aromatic heterocycles. The largest absolute Gasteiger partial charge is 0.497 e. The summed E-state index contributed by atoms with van der Waals surface area (Å²) in [5.41, 5.74) is 0.996. The van der Waals surface area contributed by atoms with Gasteiger partial charge in [0.2, 0.25) is 10.0 Å². The van der Waals surface area contributed by atoms with Crippen molar-refractivity contribution in [2.45, 2.75) is 30.2 Å². The van der Waals surface area contributed by atoms with Crippen LogP contribution in [0, 0.1) is 10.1 Å². The zero-order valence-electron chi connectivity index (χ0n) is 16.8. The van der Waals surface area contributed by atoms with Crippen LogP contribution in [0.3, 0.4) is 0 Å². The molecule has 0 aliphatic carbocycles. The van der Waals surface area contributed by atoms with Crippen molar-refractivity contribution in [3.05, 3.63) is 58.1 Å². The number of rotatable bonds is 8. The summed E-state index contributed by atoms with van der Waals surface area (Å²) in [5, 5.41) is 19.5. The number of likely N-dealkylation sites (tertiary alicyclic amines) is 1. The van der Waals surface area contributed by atoms with Crippen molar-refractivity contribution >= 4 is 21.4 Å². The van der Waals surface area contributed by atoms with E-state index in [0.29, 0.717) is 6.54 Å². The first-order chi connectivity index (χ1) is 14.3. The minimum atomic E-state index is -4.13. The molecule has 162 valence electrons. The van der Waals surface area contributed by atoms with Crippen LogP contribution in [-0.2, 0) is 10.0 Å². The molecule has 0 amide bonds. The number of nitrogens with two attached hydrogens (primary N) is 1. The van der Waals surface area contributed by atoms with Gasteiger partial charge in [-0.15, -0.1) is 0 Å². The number of ether oxygens (including phenoxy) is 1. The Balaban J connectivity index is 1.88. The summed E-state index contributed by atoms with van der Waals surface area (Å²) in [6.07, 6.45) is 3.40. The Morgan fingerprint density at radius 2 is 1.83 bits per heavy atom. The Labute approximate surface area is 176 Å². The highest BCUT2D eigenvalue weighted by atomic mass is 32.2. The molecule has 1 saturated heterocycles. The Kier molecular flexibility index (Phi) is 6.91. The lowest BCUT2D eigenvalue weighted by Crippen LogP contribution is -2.37. The van der Waals surface area contributed by atoms with Crippen molar-refractivity contribution in [2.24, 2.45) is 5.14 Å². The fraction of sp³-hybridized carbons (Fsp3) is 0.400. The molecular formula is C20H26N4O5S. The first kappa shape index (κ1) is 22.0. The summed E-state index contributed by atoms with van der Waals surface area (Å²) in [5.74, 6) is 0.760. The molecule has 1 aliphatic rings. The lowest BCUT2D eigenvalue weighted by atomic mass is 10.0. The number of hydrogen-bond donors (Lipinski definition) is 2. The number of primary sulfonamides is 1. The van der Waals surface area contributed by atoms with E-state index in [9.17, 15) is 18.5 Å². The fourth-order valence-corrected chi connectivity index (χ4v) is 4.46. The molecule has 3 rings (SSSR count). The van der Waals surface area contributed by atoms with Crippen molar-refractivity contribution in [3.8, 4) is 5.75 Å². The standard InChI is InChI=1S/C20H26N4O5S/c1-29-17-8-5-15(6-9-17)19(23-11-3-2-4-12-23)14-22-18-10-7-16(24(25)26)13-20(18)30(21,27)28/h5-10,13,19,22H,2-4,11-12,14H2,1H3,(H2,21,27,28)/t19-/m1/s1. The lowest BCUT2D eigenvalue weighted by molar-refractivity contribution is -0.385. The number of benzene rings is 2. The zero-order valence-corrected chi connectivity index (χ0v) is 17.6. The molecule has 2 aromatic carbocycles. The summed E-state index contributed by atoms with van der Waals surface area (Å²) >= 11 is 0. The van der Waals surface area contributed by atoms with Gasteiger partial charge in [0.25, 0.3) is 5.69 Å². The van der Waals surface area contributed by atoms with Gasteiger partial charge >= 0.3 is 0 Å². The highest BCUT2D eigenvalue weighted by Gasteiger charge is 2.24. The van der Waals surface area contributed by atoms with Crippen LogP contribution in [0.2, 0.25) is 0 Å². The molecule has 10 heteroatoms. The molecule has 0 unspecified atom stereocenters. The first-order valence-electron chi connectivity index (χ1n) is 9.72. The van der Waals surface area contributed by atoms with Gasteiger partial charge in [0.05, 0.1) is 23.8 Å². The summed E-state index contributed by atoms with van der Waals surface area (Å²) < 4.78 is 29.3. The van der Waals surface area contributed by atoms with E-state index in [1.54, 1.807) is 7.11 Å². The SMILES string of the molecule is COc1ccc([C@@H](CNc2ccc([N+](=O)[O-])cc2S(N)(=O)=O)N2CCCCC2)cc1. The average molecular weight is 435 g/mol. The first-order valence-corrected chi connectivity index (χ1v) is 11.3. The molecule has 1 aliphatic heterocycles. The van der Waals surface area contributed by atoms with Gasteiger partial charge in [-0.1, -0.05) is 18.6 Å². The molecule has 1 atom stereocenters. The van der Waals surface area contributed by atoms with E-state index in [1.807, 2.05) is 24.3 Å². The van der Waals surface area contributed by atoms with E-state index in [1.165, 1.54) is 18.6 Å². The van der Waals surface area contributed by atoms with Gasteiger partial charge in [0, 0.05) is 18.7 Å². The highest BCUT2D eigenvalue weighted by molar-refractivity contribution is 7.89. The third-order valence-corrected chi connectivity index (χ3v) is 6.25. The predicted molar refractivity (Wildman–Crippen MR) is 114 cm³/mol. The third kappa shape index (κ3) is 5.26. The van der Waals surface area contributed by atoms with Crippen LogP contribution in [0.15, 0.2) is 47.4 Å². The molecule has 0 spiro atoms. The quantitative estimate of drug-likeness (QED) is 0.483. The van der Waals surface area contributed by atoms with Gasteiger partial charge in [-0.25, -0.2) is 13.6 Å². The predicted octanol–water partition coefficient (Wildman–Crippen LogP) is 2.89. The fourth-order valence-electron chi connectivity index (χ4n) is 3.73. The minimum absolute atomic E-state index is 0.000253. The van der Waals surface area contributed by atoms with Crippen LogP contribution >= 0.6 is 0 Å². The Bertz CT molecular complexity index is 989. The molecule has 9 nitrogen and oxygen atoms in total. The lowest BCUT2D eigenvalue weighted by Gasteiger charge is -2.35. The number of nitro benzene ring substituents is 1. The van der Waals surface area contributed by atoms with Gasteiger partial charge in [-0.05, 0) is 49.7 Å². The minimum Gasteiger partial charge on any atom is -0.497 e. The Morgan fingerprint density at radius 1 is 1.17 bits per heavy atom. The number of sulfonamides is 1. The molecule has 0 saturated carbocycles. The van der Waals surface area contributed by atoms with Gasteiger partial charge in [-0.3, -0.25) is 15.0 Å². The molecule has 0 bridgehead atoms. The number of nitrogens with zero attached hydrogens (tertiary/aromatic N) is 2. The molecule has 1 fully saturated rings. The Morgan fingerprint density at radius 3 is 2.40 bits per heavy atom. The van der Waals surface area contributed by atoms with E-state index >= 15 is 0 Å². The normalized spacial score (nSPS) is 16.1. The summed E-state index contributed by atoms with van der Waals surface area (Å²) in [7, 11) is -2.52. The topological polar surface area (TPSA) is 128 Å². The maximum Gasteiger partial charge on any atom is 0.270 e. The van der Waals surface area contributed by atoms with Crippen molar-refractivity contribution in [1.82, 2.24) is 4.90 Å². The van der Waals surface area contributed by atoms with Gasteiger partial charge in [-0.2, -0.15) is 0 Å². The number of piperidine rings is 1. The summed E-state index contributed by atoms with van der Waals surface area (Å²) in [6.45, 7) is 2.31. The second-order valence-electron chi connectivity index (χ2n) is 7.25. The van der Waals surface area contributed by atoms with Crippen molar-refractivity contribution < 1.29 is 18.1 Å². The number of methoxy groups -OCH3 is 1. The second kappa shape index (κ2) is 9.41. The van der Waals surface area contributed by atoms with E-state index in [0.717, 1.165) is 43.3 Å². The molecular weight excluding hydrogens is 408 g/mol. The van der Waals surface area contributed by atoms with Crippen LogP contribution in [0.4, 0.5) is 11.4 Å². The van der Waals surface area contributed by atoms with Crippen LogP contribution < -0.4 is 15.2 Å². The van der Waals surface area contributed by atoms with Crippen LogP contribution in [0.1, 0.15) is 30.9 Å². The molecule has 30 heavy (non-hydrogen) atoms. The van der Waals surface area contributed by atoms with E-state index in [2.05, 4.69) is 10.2 Å². The number of anilines is 1. The van der Waals surface area contributed by atoms with Crippen LogP contribution in [0.5, 0.6) is 5.75 Å². The van der Waals surface area contributed by atoms with Gasteiger partial charge in [0.15, 0.2) is 0 Å². The van der Waals surface area contributed by atoms with Crippen molar-refractivity contribution in [2.75, 3.05) is 32.1 Å². The number of non-ortho nitro benzene ring substituents is 1. The smallest absolute Gasteiger partial charge is 0.270 e. The van der Waals surface area contributed by atoms with E-state index in [-0.39, 0.29) is 22.3 Å². The second-order valence-corrected chi connectivity index (χ2v) is 8.78. The maximum absolute atomic E-state index is 12.0. The van der Waals surface area contributed by atoms with Crippen LogP contribution in [0.25, 0.3) is 0 Å². The van der Waals surface area contributed by atoms with Crippen LogP contribution in [-0.4, -0.2) is 45.0 Å². The van der Waals surface area contributed by atoms with Crippen molar-refractivity contribution in [1.29, 1.82) is 0 Å². The molecule has 3 N–H and O–H groups in total. The molecule has 1 heterocycles. The van der Waals surface area contributed by atoms with E-state index in [4.69, 9.17) is 9.88 Å². The number of hydrogen-bond acceptors (Lipinski definition) is 7. The highest BCUT2D eigenvalue weighted by Crippen LogP contribution is 2.29. The average Bonchev–Trinajstić information content (AvgIpc) is 2.74. The monoisotopic (exact) mass is 434 g/mol. The van der Waals surface area contributed by atoms with Gasteiger partial charge < -0.3 is 10.1 Å². The molecule has 0 radical (unpaired) electrons. The number of nitro groups is 1. The van der Waals surface area contributed by atoms with Gasteiger partial charge in [0.1, 0.15) is 10.6 Å². The number of nitrogens with one attached hydrogen (secondary N) is 1. The summed E-state index contributed by atoms with van der Waals surface area (Å²) in [6, 6.07) is 11.4. The maximum atomic E-state index is 12.0. The third-order valence-electron chi connectivity index (χ3n) is 5.30. The van der Waals surface area contributed by atoms with E-state index < -0.39 is 14.9 Å². The Hall–Kier alpha value is -2.69. The summed E-state index contributed by atoms with van der Waals surface area (Å²) in [4.78, 5) is 12.5.